The molecule has 0 saturated heterocycles. The molecule has 0 aliphatic heterocycles. The Bertz CT molecular complexity index is 597. The Labute approximate surface area is 132 Å². The molecule has 21 heavy (non-hydrogen) atoms. The largest absolute Gasteiger partial charge is 0.480 e. The minimum Gasteiger partial charge on any atom is -0.480 e. The Morgan fingerprint density at radius 1 is 1.38 bits per heavy atom. The Kier molecular flexibility index (Phi) is 5.25. The third kappa shape index (κ3) is 4.75. The fourth-order valence-electron chi connectivity index (χ4n) is 1.60. The topological polar surface area (TPSA) is 62.2 Å². The number of hydrogen-bond acceptors (Lipinski definition) is 5. The summed E-state index contributed by atoms with van der Waals surface area (Å²) >= 11 is 2.79. The first-order chi connectivity index (χ1) is 9.97. The van der Waals surface area contributed by atoms with E-state index in [1.807, 2.05) is 35.7 Å². The Balaban J connectivity index is 1.85. The molecule has 2 N–H and O–H groups in total. The van der Waals surface area contributed by atoms with Gasteiger partial charge in [-0.05, 0) is 26.0 Å². The van der Waals surface area contributed by atoms with Gasteiger partial charge in [-0.15, -0.1) is 11.3 Å². The molecule has 0 aliphatic rings. The number of carboxylic acids is 1. The van der Waals surface area contributed by atoms with Crippen LogP contribution in [0.2, 0.25) is 0 Å². The van der Waals surface area contributed by atoms with Gasteiger partial charge in [0.25, 0.3) is 0 Å². The maximum atomic E-state index is 11.1. The van der Waals surface area contributed by atoms with E-state index in [0.29, 0.717) is 0 Å². The molecule has 2 rings (SSSR count). The van der Waals surface area contributed by atoms with Crippen LogP contribution in [-0.4, -0.2) is 27.4 Å². The van der Waals surface area contributed by atoms with Crippen LogP contribution < -0.4 is 5.32 Å². The summed E-state index contributed by atoms with van der Waals surface area (Å²) in [6.07, 6.45) is 0.819. The highest BCUT2D eigenvalue weighted by molar-refractivity contribution is 8.02. The summed E-state index contributed by atoms with van der Waals surface area (Å²) in [5, 5.41) is 14.4. The van der Waals surface area contributed by atoms with Crippen LogP contribution in [0.5, 0.6) is 0 Å². The van der Waals surface area contributed by atoms with Gasteiger partial charge in [0.2, 0.25) is 0 Å². The number of hydrogen-bond donors (Lipinski definition) is 2. The number of para-hydroxylation sites is 1. The van der Waals surface area contributed by atoms with E-state index in [1.54, 1.807) is 13.8 Å². The van der Waals surface area contributed by atoms with Crippen LogP contribution in [0, 0.1) is 0 Å². The number of benzene rings is 1. The number of thioether (sulfide) groups is 1. The standard InChI is InChI=1S/C15H18N2O2S2/c1-15(2,13(18)19)21-14-17-12(10-20-14)8-9-16-11-6-4-3-5-7-11/h3-7,10,16H,8-9H2,1-2H3,(H,18,19). The second kappa shape index (κ2) is 6.95. The van der Waals surface area contributed by atoms with Crippen molar-refractivity contribution in [3.63, 3.8) is 0 Å². The van der Waals surface area contributed by atoms with Crippen LogP contribution in [0.3, 0.4) is 0 Å². The molecule has 2 aromatic rings. The number of nitrogens with one attached hydrogen (secondary N) is 1. The lowest BCUT2D eigenvalue weighted by Crippen LogP contribution is -2.26. The summed E-state index contributed by atoms with van der Waals surface area (Å²) in [6, 6.07) is 10.0. The lowest BCUT2D eigenvalue weighted by molar-refractivity contribution is -0.138. The summed E-state index contributed by atoms with van der Waals surface area (Å²) in [5.41, 5.74) is 2.08. The van der Waals surface area contributed by atoms with Gasteiger partial charge in [0.1, 0.15) is 4.75 Å². The Morgan fingerprint density at radius 2 is 2.10 bits per heavy atom. The smallest absolute Gasteiger partial charge is 0.319 e. The van der Waals surface area contributed by atoms with E-state index in [2.05, 4.69) is 10.3 Å². The molecular weight excluding hydrogens is 304 g/mol. The molecule has 0 spiro atoms. The summed E-state index contributed by atoms with van der Waals surface area (Å²) in [4.78, 5) is 15.6. The molecule has 0 fully saturated rings. The highest BCUT2D eigenvalue weighted by Crippen LogP contribution is 2.34. The van der Waals surface area contributed by atoms with E-state index >= 15 is 0 Å². The predicted octanol–water partition coefficient (Wildman–Crippen LogP) is 3.75. The van der Waals surface area contributed by atoms with Crippen molar-refractivity contribution in [1.29, 1.82) is 0 Å². The molecule has 0 amide bonds. The minimum atomic E-state index is -0.850. The van der Waals surface area contributed by atoms with E-state index in [0.717, 1.165) is 28.7 Å². The molecule has 0 atom stereocenters. The zero-order valence-corrected chi connectivity index (χ0v) is 13.6. The lowest BCUT2D eigenvalue weighted by atomic mass is 10.2. The summed E-state index contributed by atoms with van der Waals surface area (Å²) in [6.45, 7) is 4.19. The van der Waals surface area contributed by atoms with Crippen LogP contribution in [0.4, 0.5) is 5.69 Å². The highest BCUT2D eigenvalue weighted by atomic mass is 32.2. The fraction of sp³-hybridized carbons (Fsp3) is 0.333. The predicted molar refractivity (Wildman–Crippen MR) is 88.3 cm³/mol. The van der Waals surface area contributed by atoms with Gasteiger partial charge in [0.05, 0.1) is 5.69 Å². The van der Waals surface area contributed by atoms with Crippen molar-refractivity contribution in [2.45, 2.75) is 29.4 Å². The molecule has 1 aromatic heterocycles. The van der Waals surface area contributed by atoms with E-state index in [-0.39, 0.29) is 0 Å². The van der Waals surface area contributed by atoms with Crippen LogP contribution in [0.1, 0.15) is 19.5 Å². The number of aliphatic carboxylic acids is 1. The van der Waals surface area contributed by atoms with Crippen molar-refractivity contribution in [2.24, 2.45) is 0 Å². The molecule has 1 heterocycles. The maximum absolute atomic E-state index is 11.1. The first kappa shape index (κ1) is 15.9. The molecule has 0 saturated carbocycles. The SMILES string of the molecule is CC(C)(Sc1nc(CCNc2ccccc2)cs1)C(=O)O. The van der Waals surface area contributed by atoms with Crippen molar-refractivity contribution >= 4 is 34.8 Å². The van der Waals surface area contributed by atoms with Gasteiger partial charge < -0.3 is 10.4 Å². The van der Waals surface area contributed by atoms with Crippen LogP contribution in [0.15, 0.2) is 40.1 Å². The second-order valence-electron chi connectivity index (χ2n) is 5.07. The fourth-order valence-corrected chi connectivity index (χ4v) is 3.83. The molecule has 112 valence electrons. The van der Waals surface area contributed by atoms with Gasteiger partial charge in [-0.1, -0.05) is 30.0 Å². The maximum Gasteiger partial charge on any atom is 0.319 e. The van der Waals surface area contributed by atoms with Gasteiger partial charge in [0.15, 0.2) is 4.34 Å². The summed E-state index contributed by atoms with van der Waals surface area (Å²) in [5.74, 6) is -0.824. The van der Waals surface area contributed by atoms with Gasteiger partial charge in [-0.3, -0.25) is 4.79 Å². The van der Waals surface area contributed by atoms with Crippen molar-refractivity contribution in [3.05, 3.63) is 41.4 Å². The second-order valence-corrected chi connectivity index (χ2v) is 7.79. The van der Waals surface area contributed by atoms with Crippen LogP contribution in [-0.2, 0) is 11.2 Å². The summed E-state index contributed by atoms with van der Waals surface area (Å²) < 4.78 is -0.0469. The number of anilines is 1. The molecule has 6 heteroatoms. The molecular formula is C15H18N2O2S2. The number of thiazole rings is 1. The zero-order chi connectivity index (χ0) is 15.3. The van der Waals surface area contributed by atoms with Crippen molar-refractivity contribution in [2.75, 3.05) is 11.9 Å². The molecule has 4 nitrogen and oxygen atoms in total. The molecule has 0 bridgehead atoms. The van der Waals surface area contributed by atoms with Gasteiger partial charge in [-0.2, -0.15) is 0 Å². The number of aromatic nitrogens is 1. The molecule has 0 unspecified atom stereocenters. The average Bonchev–Trinajstić information content (AvgIpc) is 2.86. The van der Waals surface area contributed by atoms with Gasteiger partial charge >= 0.3 is 5.97 Å². The van der Waals surface area contributed by atoms with Crippen molar-refractivity contribution in [1.82, 2.24) is 4.98 Å². The van der Waals surface area contributed by atoms with Crippen molar-refractivity contribution < 1.29 is 9.90 Å². The van der Waals surface area contributed by atoms with Crippen LogP contribution in [0.25, 0.3) is 0 Å². The normalized spacial score (nSPS) is 11.3. The molecule has 0 aliphatic carbocycles. The van der Waals surface area contributed by atoms with Gasteiger partial charge in [-0.25, -0.2) is 4.98 Å². The lowest BCUT2D eigenvalue weighted by Gasteiger charge is -2.15. The Hall–Kier alpha value is -1.53. The number of carboxylic acid groups (broad SMARTS) is 1. The Morgan fingerprint density at radius 3 is 2.76 bits per heavy atom. The zero-order valence-electron chi connectivity index (χ0n) is 12.0. The summed E-state index contributed by atoms with van der Waals surface area (Å²) in [7, 11) is 0. The average molecular weight is 322 g/mol. The number of carbonyl (C=O) groups is 1. The quantitative estimate of drug-likeness (QED) is 0.760. The number of rotatable bonds is 7. The van der Waals surface area contributed by atoms with Gasteiger partial charge in [0, 0.05) is 24.0 Å². The highest BCUT2D eigenvalue weighted by Gasteiger charge is 2.29. The van der Waals surface area contributed by atoms with E-state index in [9.17, 15) is 4.79 Å². The molecule has 0 radical (unpaired) electrons. The first-order valence-electron chi connectivity index (χ1n) is 6.63. The number of nitrogens with zero attached hydrogens (tertiary/aromatic N) is 1. The van der Waals surface area contributed by atoms with E-state index in [4.69, 9.17) is 5.11 Å². The first-order valence-corrected chi connectivity index (χ1v) is 8.33. The third-order valence-electron chi connectivity index (χ3n) is 2.87. The third-order valence-corrected chi connectivity index (χ3v) is 5.04. The van der Waals surface area contributed by atoms with Crippen molar-refractivity contribution in [3.8, 4) is 0 Å². The van der Waals surface area contributed by atoms with E-state index in [1.165, 1.54) is 23.1 Å². The molecule has 1 aromatic carbocycles. The van der Waals surface area contributed by atoms with Crippen LogP contribution >= 0.6 is 23.1 Å². The monoisotopic (exact) mass is 322 g/mol. The van der Waals surface area contributed by atoms with E-state index < -0.39 is 10.7 Å². The minimum absolute atomic E-state index is 0.803.